The molecule has 1 aromatic heterocycles. The lowest BCUT2D eigenvalue weighted by molar-refractivity contribution is -0.139. The van der Waals surface area contributed by atoms with Gasteiger partial charge in [-0.3, -0.25) is 14.6 Å². The van der Waals surface area contributed by atoms with E-state index in [-0.39, 0.29) is 17.6 Å². The van der Waals surface area contributed by atoms with E-state index in [4.69, 9.17) is 0 Å². The fraction of sp³-hybridized carbons (Fsp3) is 0.154. The van der Waals surface area contributed by atoms with Crippen LogP contribution in [0, 0.1) is 5.82 Å². The van der Waals surface area contributed by atoms with Crippen molar-refractivity contribution in [1.29, 1.82) is 0 Å². The van der Waals surface area contributed by atoms with E-state index in [1.165, 1.54) is 31.5 Å². The molecule has 0 atom stereocenters. The van der Waals surface area contributed by atoms with Gasteiger partial charge in [-0.1, -0.05) is 12.1 Å². The van der Waals surface area contributed by atoms with Gasteiger partial charge in [0.15, 0.2) is 0 Å². The number of hydrogen-bond donors (Lipinski definition) is 1. The molecule has 0 aliphatic heterocycles. The molecular formula is C13H11FN2O3. The van der Waals surface area contributed by atoms with Crippen molar-refractivity contribution in [3.05, 3.63) is 41.8 Å². The quantitative estimate of drug-likeness (QED) is 0.846. The Balaban J connectivity index is 2.21. The third kappa shape index (κ3) is 2.85. The average molecular weight is 262 g/mol. The number of esters is 1. The number of methoxy groups -OCH3 is 1. The van der Waals surface area contributed by atoms with Crippen LogP contribution in [-0.4, -0.2) is 30.5 Å². The van der Waals surface area contributed by atoms with E-state index < -0.39 is 17.7 Å². The number of rotatable bonds is 3. The Morgan fingerprint density at radius 3 is 2.95 bits per heavy atom. The van der Waals surface area contributed by atoms with Crippen molar-refractivity contribution < 1.29 is 18.7 Å². The molecule has 0 aliphatic carbocycles. The molecule has 19 heavy (non-hydrogen) atoms. The van der Waals surface area contributed by atoms with Gasteiger partial charge >= 0.3 is 5.97 Å². The van der Waals surface area contributed by atoms with E-state index >= 15 is 0 Å². The van der Waals surface area contributed by atoms with Crippen molar-refractivity contribution in [3.8, 4) is 0 Å². The molecule has 1 heterocycles. The molecule has 5 nitrogen and oxygen atoms in total. The Bertz CT molecular complexity index is 643. The summed E-state index contributed by atoms with van der Waals surface area (Å²) in [5.41, 5.74) is 0.453. The predicted molar refractivity (Wildman–Crippen MR) is 66.1 cm³/mol. The Kier molecular flexibility index (Phi) is 3.70. The van der Waals surface area contributed by atoms with Crippen LogP contribution >= 0.6 is 0 Å². The van der Waals surface area contributed by atoms with Crippen molar-refractivity contribution in [3.63, 3.8) is 0 Å². The number of carbonyl (C=O) groups excluding carboxylic acids is 2. The highest BCUT2D eigenvalue weighted by molar-refractivity contribution is 5.98. The molecule has 0 radical (unpaired) electrons. The molecule has 2 aromatic rings. The Morgan fingerprint density at radius 1 is 1.42 bits per heavy atom. The molecular weight excluding hydrogens is 251 g/mol. The summed E-state index contributed by atoms with van der Waals surface area (Å²) in [5.74, 6) is -1.46. The lowest BCUT2D eigenvalue weighted by atomic mass is 10.1. The summed E-state index contributed by atoms with van der Waals surface area (Å²) >= 11 is 0. The van der Waals surface area contributed by atoms with Gasteiger partial charge in [-0.25, -0.2) is 4.39 Å². The number of aromatic nitrogens is 1. The highest BCUT2D eigenvalue weighted by atomic mass is 19.1. The molecule has 0 spiro atoms. The number of benzene rings is 1. The smallest absolute Gasteiger partial charge is 0.325 e. The molecule has 0 bridgehead atoms. The van der Waals surface area contributed by atoms with Gasteiger partial charge in [-0.2, -0.15) is 0 Å². The summed E-state index contributed by atoms with van der Waals surface area (Å²) in [6.45, 7) is -0.226. The molecule has 1 N–H and O–H groups in total. The van der Waals surface area contributed by atoms with E-state index in [0.717, 1.165) is 0 Å². The lowest BCUT2D eigenvalue weighted by Crippen LogP contribution is -2.30. The van der Waals surface area contributed by atoms with Crippen LogP contribution in [-0.2, 0) is 9.53 Å². The van der Waals surface area contributed by atoms with Gasteiger partial charge in [0.1, 0.15) is 17.9 Å². The van der Waals surface area contributed by atoms with Gasteiger partial charge in [-0.15, -0.1) is 0 Å². The number of amides is 1. The Morgan fingerprint density at radius 2 is 2.21 bits per heavy atom. The molecule has 98 valence electrons. The summed E-state index contributed by atoms with van der Waals surface area (Å²) < 4.78 is 17.8. The van der Waals surface area contributed by atoms with Crippen molar-refractivity contribution in [2.45, 2.75) is 0 Å². The summed E-state index contributed by atoms with van der Waals surface area (Å²) in [7, 11) is 1.23. The molecule has 6 heteroatoms. The number of carbonyl (C=O) groups is 2. The summed E-state index contributed by atoms with van der Waals surface area (Å²) in [6.07, 6.45) is 1.26. The molecule has 0 fully saturated rings. The molecule has 0 saturated heterocycles. The second-order valence-corrected chi connectivity index (χ2v) is 3.79. The van der Waals surface area contributed by atoms with Gasteiger partial charge in [0, 0.05) is 11.6 Å². The van der Waals surface area contributed by atoms with E-state index in [1.54, 1.807) is 6.07 Å². The number of para-hydroxylation sites is 1. The van der Waals surface area contributed by atoms with E-state index in [1.807, 2.05) is 0 Å². The maximum atomic E-state index is 13.4. The zero-order valence-corrected chi connectivity index (χ0v) is 10.1. The second kappa shape index (κ2) is 5.43. The number of pyridine rings is 1. The third-order valence-corrected chi connectivity index (χ3v) is 2.54. The largest absolute Gasteiger partial charge is 0.468 e. The lowest BCUT2D eigenvalue weighted by Gasteiger charge is -2.05. The van der Waals surface area contributed by atoms with Crippen molar-refractivity contribution in [1.82, 2.24) is 10.3 Å². The van der Waals surface area contributed by atoms with Crippen LogP contribution in [0.4, 0.5) is 4.39 Å². The van der Waals surface area contributed by atoms with Crippen molar-refractivity contribution >= 4 is 22.8 Å². The summed E-state index contributed by atoms with van der Waals surface area (Å²) in [5, 5.41) is 2.90. The molecule has 1 amide bonds. The van der Waals surface area contributed by atoms with E-state index in [2.05, 4.69) is 15.0 Å². The number of ether oxygens (including phenoxy) is 1. The normalized spacial score (nSPS) is 10.2. The first kappa shape index (κ1) is 12.9. The van der Waals surface area contributed by atoms with Gasteiger partial charge in [-0.05, 0) is 12.1 Å². The zero-order valence-electron chi connectivity index (χ0n) is 10.1. The van der Waals surface area contributed by atoms with Crippen molar-refractivity contribution in [2.24, 2.45) is 0 Å². The van der Waals surface area contributed by atoms with Crippen LogP contribution in [0.3, 0.4) is 0 Å². The maximum absolute atomic E-state index is 13.4. The molecule has 0 saturated carbocycles. The van der Waals surface area contributed by atoms with Gasteiger partial charge < -0.3 is 10.1 Å². The van der Waals surface area contributed by atoms with Crippen LogP contribution in [0.2, 0.25) is 0 Å². The third-order valence-electron chi connectivity index (χ3n) is 2.54. The number of fused-ring (bicyclic) bond motifs is 1. The fourth-order valence-corrected chi connectivity index (χ4v) is 1.57. The first-order valence-corrected chi connectivity index (χ1v) is 5.51. The first-order valence-electron chi connectivity index (χ1n) is 5.51. The summed E-state index contributed by atoms with van der Waals surface area (Å²) in [4.78, 5) is 26.5. The minimum Gasteiger partial charge on any atom is -0.468 e. The van der Waals surface area contributed by atoms with Gasteiger partial charge in [0.25, 0.3) is 5.91 Å². The van der Waals surface area contributed by atoms with E-state index in [0.29, 0.717) is 5.39 Å². The number of nitrogens with zero attached hydrogens (tertiary/aromatic N) is 1. The number of hydrogen-bond acceptors (Lipinski definition) is 4. The molecule has 0 aliphatic rings. The van der Waals surface area contributed by atoms with Crippen LogP contribution in [0.15, 0.2) is 30.5 Å². The van der Waals surface area contributed by atoms with Crippen LogP contribution in [0.5, 0.6) is 0 Å². The fourth-order valence-electron chi connectivity index (χ4n) is 1.57. The topological polar surface area (TPSA) is 68.3 Å². The minimum atomic E-state index is -0.548. The van der Waals surface area contributed by atoms with Gasteiger partial charge in [0.2, 0.25) is 0 Å². The Hall–Kier alpha value is -2.50. The predicted octanol–water partition coefficient (Wildman–Crippen LogP) is 1.28. The summed E-state index contributed by atoms with van der Waals surface area (Å²) in [6, 6.07) is 6.00. The number of nitrogens with one attached hydrogen (secondary N) is 1. The van der Waals surface area contributed by atoms with E-state index in [9.17, 15) is 14.0 Å². The highest BCUT2D eigenvalue weighted by Gasteiger charge is 2.10. The molecule has 2 rings (SSSR count). The van der Waals surface area contributed by atoms with Crippen LogP contribution in [0.1, 0.15) is 10.4 Å². The molecule has 0 unspecified atom stereocenters. The van der Waals surface area contributed by atoms with Crippen LogP contribution in [0.25, 0.3) is 10.9 Å². The minimum absolute atomic E-state index is 0.201. The first-order chi connectivity index (χ1) is 9.11. The zero-order chi connectivity index (χ0) is 13.8. The maximum Gasteiger partial charge on any atom is 0.325 e. The van der Waals surface area contributed by atoms with Crippen molar-refractivity contribution in [2.75, 3.05) is 13.7 Å². The number of halogens is 1. The standard InChI is InChI=1S/C13H11FN2O3/c1-19-11(17)7-16-13(18)9-5-8-3-2-4-10(14)12(8)15-6-9/h2-6H,7H2,1H3,(H,16,18). The monoisotopic (exact) mass is 262 g/mol. The van der Waals surface area contributed by atoms with Crippen LogP contribution < -0.4 is 5.32 Å². The highest BCUT2D eigenvalue weighted by Crippen LogP contribution is 2.16. The van der Waals surface area contributed by atoms with Gasteiger partial charge in [0.05, 0.1) is 12.7 Å². The average Bonchev–Trinajstić information content (AvgIpc) is 2.44. The molecule has 1 aromatic carbocycles. The Labute approximate surface area is 108 Å². The SMILES string of the molecule is COC(=O)CNC(=O)c1cnc2c(F)cccc2c1. The second-order valence-electron chi connectivity index (χ2n) is 3.79.